The van der Waals surface area contributed by atoms with Crippen molar-refractivity contribution in [1.82, 2.24) is 30.3 Å². The van der Waals surface area contributed by atoms with E-state index < -0.39 is 0 Å². The van der Waals surface area contributed by atoms with Crippen LogP contribution >= 0.6 is 0 Å². The fourth-order valence-corrected chi connectivity index (χ4v) is 2.70. The van der Waals surface area contributed by atoms with Gasteiger partial charge < -0.3 is 15.2 Å². The SMILES string of the molecule is CCNC(=NCCN(CC)C1CC1)NCCn1cnnc1CC. The van der Waals surface area contributed by atoms with Gasteiger partial charge >= 0.3 is 0 Å². The zero-order chi connectivity index (χ0) is 16.5. The van der Waals surface area contributed by atoms with Crippen LogP contribution in [0.2, 0.25) is 0 Å². The summed E-state index contributed by atoms with van der Waals surface area (Å²) in [4.78, 5) is 7.21. The van der Waals surface area contributed by atoms with Crippen LogP contribution in [0.1, 0.15) is 39.4 Å². The van der Waals surface area contributed by atoms with E-state index in [4.69, 9.17) is 0 Å². The fourth-order valence-electron chi connectivity index (χ4n) is 2.70. The van der Waals surface area contributed by atoms with Gasteiger partial charge in [0.2, 0.25) is 0 Å². The smallest absolute Gasteiger partial charge is 0.191 e. The molecule has 7 nitrogen and oxygen atoms in total. The summed E-state index contributed by atoms with van der Waals surface area (Å²) in [6.07, 6.45) is 5.41. The molecule has 0 unspecified atom stereocenters. The van der Waals surface area contributed by atoms with Gasteiger partial charge in [-0.05, 0) is 26.3 Å². The molecule has 0 bridgehead atoms. The Morgan fingerprint density at radius 3 is 2.83 bits per heavy atom. The molecule has 1 saturated carbocycles. The molecule has 0 saturated heterocycles. The Morgan fingerprint density at radius 2 is 2.17 bits per heavy atom. The largest absolute Gasteiger partial charge is 0.357 e. The van der Waals surface area contributed by atoms with Gasteiger partial charge in [-0.3, -0.25) is 9.89 Å². The first-order valence-corrected chi connectivity index (χ1v) is 8.91. The Bertz CT molecular complexity index is 479. The molecule has 2 rings (SSSR count). The summed E-state index contributed by atoms with van der Waals surface area (Å²) in [5.41, 5.74) is 0. The highest BCUT2D eigenvalue weighted by molar-refractivity contribution is 5.79. The number of hydrogen-bond acceptors (Lipinski definition) is 4. The fraction of sp³-hybridized carbons (Fsp3) is 0.812. The zero-order valence-electron chi connectivity index (χ0n) is 14.8. The molecule has 7 heteroatoms. The summed E-state index contributed by atoms with van der Waals surface area (Å²) in [6, 6.07) is 0.812. The van der Waals surface area contributed by atoms with Gasteiger partial charge in [0, 0.05) is 38.6 Å². The predicted molar refractivity (Wildman–Crippen MR) is 93.7 cm³/mol. The normalized spacial score (nSPS) is 15.2. The number of guanidine groups is 1. The van der Waals surface area contributed by atoms with E-state index in [0.29, 0.717) is 0 Å². The Balaban J connectivity index is 1.74. The first-order valence-electron chi connectivity index (χ1n) is 8.91. The Kier molecular flexibility index (Phi) is 7.32. The average molecular weight is 321 g/mol. The minimum Gasteiger partial charge on any atom is -0.357 e. The van der Waals surface area contributed by atoms with Gasteiger partial charge in [0.15, 0.2) is 5.96 Å². The van der Waals surface area contributed by atoms with Crippen LogP contribution in [-0.2, 0) is 13.0 Å². The second-order valence-electron chi connectivity index (χ2n) is 5.84. The Labute approximate surface area is 139 Å². The maximum Gasteiger partial charge on any atom is 0.191 e. The average Bonchev–Trinajstić information content (AvgIpc) is 3.30. The van der Waals surface area contributed by atoms with E-state index >= 15 is 0 Å². The third-order valence-electron chi connectivity index (χ3n) is 4.13. The minimum absolute atomic E-state index is 0.812. The number of hydrogen-bond donors (Lipinski definition) is 2. The van der Waals surface area contributed by atoms with Crippen molar-refractivity contribution in [3.05, 3.63) is 12.2 Å². The van der Waals surface area contributed by atoms with E-state index in [1.165, 1.54) is 12.8 Å². The molecule has 1 fully saturated rings. The van der Waals surface area contributed by atoms with Gasteiger partial charge in [0.05, 0.1) is 6.54 Å². The first-order chi connectivity index (χ1) is 11.3. The quantitative estimate of drug-likeness (QED) is 0.494. The van der Waals surface area contributed by atoms with Crippen molar-refractivity contribution in [1.29, 1.82) is 0 Å². The number of rotatable bonds is 10. The highest BCUT2D eigenvalue weighted by atomic mass is 15.3. The standard InChI is InChI=1S/C16H31N7/c1-4-15-21-20-13-23(15)12-10-19-16(17-5-2)18-9-11-22(6-3)14-7-8-14/h13-14H,4-12H2,1-3H3,(H2,17,18,19). The lowest BCUT2D eigenvalue weighted by Gasteiger charge is -2.19. The van der Waals surface area contributed by atoms with Crippen molar-refractivity contribution in [2.24, 2.45) is 4.99 Å². The molecule has 0 spiro atoms. The number of nitrogens with zero attached hydrogens (tertiary/aromatic N) is 5. The molecule has 0 amide bonds. The lowest BCUT2D eigenvalue weighted by Crippen LogP contribution is -2.39. The van der Waals surface area contributed by atoms with Crippen LogP contribution in [0.25, 0.3) is 0 Å². The van der Waals surface area contributed by atoms with E-state index in [9.17, 15) is 0 Å². The molecule has 2 N–H and O–H groups in total. The van der Waals surface area contributed by atoms with Crippen LogP contribution in [0, 0.1) is 0 Å². The molecular formula is C16H31N7. The summed E-state index contributed by atoms with van der Waals surface area (Å²) in [5, 5.41) is 14.8. The highest BCUT2D eigenvalue weighted by Gasteiger charge is 2.27. The highest BCUT2D eigenvalue weighted by Crippen LogP contribution is 2.25. The van der Waals surface area contributed by atoms with E-state index in [1.807, 2.05) is 0 Å². The summed E-state index contributed by atoms with van der Waals surface area (Å²) >= 11 is 0. The summed E-state index contributed by atoms with van der Waals surface area (Å²) < 4.78 is 2.09. The maximum atomic E-state index is 4.69. The second-order valence-corrected chi connectivity index (χ2v) is 5.84. The summed E-state index contributed by atoms with van der Waals surface area (Å²) in [5.74, 6) is 1.92. The van der Waals surface area contributed by atoms with Crippen LogP contribution in [0.4, 0.5) is 0 Å². The number of aryl methyl sites for hydroxylation is 1. The molecular weight excluding hydrogens is 290 g/mol. The minimum atomic E-state index is 0.812. The van der Waals surface area contributed by atoms with E-state index in [1.54, 1.807) is 6.33 Å². The van der Waals surface area contributed by atoms with Crippen molar-refractivity contribution in [3.8, 4) is 0 Å². The Hall–Kier alpha value is -1.63. The molecule has 0 radical (unpaired) electrons. The lowest BCUT2D eigenvalue weighted by atomic mass is 10.4. The third-order valence-corrected chi connectivity index (χ3v) is 4.13. The number of likely N-dealkylation sites (N-methyl/N-ethyl adjacent to an activating group) is 1. The molecule has 130 valence electrons. The number of aromatic nitrogens is 3. The van der Waals surface area contributed by atoms with Crippen molar-refractivity contribution in [2.75, 3.05) is 32.7 Å². The molecule has 0 aromatic carbocycles. The third kappa shape index (κ3) is 5.82. The maximum absolute atomic E-state index is 4.69. The van der Waals surface area contributed by atoms with Crippen LogP contribution < -0.4 is 10.6 Å². The van der Waals surface area contributed by atoms with E-state index in [0.717, 1.165) is 63.5 Å². The van der Waals surface area contributed by atoms with Crippen LogP contribution in [-0.4, -0.2) is 64.4 Å². The van der Waals surface area contributed by atoms with Crippen LogP contribution in [0.3, 0.4) is 0 Å². The number of aliphatic imine (C=N–C) groups is 1. The molecule has 1 aliphatic rings. The zero-order valence-corrected chi connectivity index (χ0v) is 14.8. The van der Waals surface area contributed by atoms with Gasteiger partial charge in [0.25, 0.3) is 0 Å². The molecule has 1 aliphatic carbocycles. The molecule has 23 heavy (non-hydrogen) atoms. The van der Waals surface area contributed by atoms with Gasteiger partial charge in [-0.15, -0.1) is 10.2 Å². The second kappa shape index (κ2) is 9.50. The van der Waals surface area contributed by atoms with Gasteiger partial charge in [-0.1, -0.05) is 13.8 Å². The van der Waals surface area contributed by atoms with Gasteiger partial charge in [-0.2, -0.15) is 0 Å². The monoisotopic (exact) mass is 321 g/mol. The molecule has 1 aromatic heterocycles. The van der Waals surface area contributed by atoms with Crippen molar-refractivity contribution >= 4 is 5.96 Å². The van der Waals surface area contributed by atoms with Gasteiger partial charge in [-0.25, -0.2) is 0 Å². The van der Waals surface area contributed by atoms with E-state index in [-0.39, 0.29) is 0 Å². The molecule has 1 aromatic rings. The molecule has 1 heterocycles. The first kappa shape index (κ1) is 17.7. The topological polar surface area (TPSA) is 70.4 Å². The predicted octanol–water partition coefficient (Wildman–Crippen LogP) is 0.880. The van der Waals surface area contributed by atoms with Crippen LogP contribution in [0.5, 0.6) is 0 Å². The van der Waals surface area contributed by atoms with Crippen molar-refractivity contribution in [3.63, 3.8) is 0 Å². The van der Waals surface area contributed by atoms with Crippen molar-refractivity contribution < 1.29 is 0 Å². The van der Waals surface area contributed by atoms with E-state index in [2.05, 4.69) is 56.1 Å². The number of nitrogens with one attached hydrogen (secondary N) is 2. The Morgan fingerprint density at radius 1 is 1.35 bits per heavy atom. The van der Waals surface area contributed by atoms with Gasteiger partial charge in [0.1, 0.15) is 12.2 Å². The van der Waals surface area contributed by atoms with Crippen molar-refractivity contribution in [2.45, 2.75) is 52.6 Å². The summed E-state index contributed by atoms with van der Waals surface area (Å²) in [7, 11) is 0. The van der Waals surface area contributed by atoms with Crippen LogP contribution in [0.15, 0.2) is 11.3 Å². The lowest BCUT2D eigenvalue weighted by molar-refractivity contribution is 0.286. The molecule has 0 aliphatic heterocycles. The molecule has 0 atom stereocenters. The summed E-state index contributed by atoms with van der Waals surface area (Å²) in [6.45, 7) is 12.0.